The molecule has 2 rings (SSSR count). The fourth-order valence-electron chi connectivity index (χ4n) is 1.60. The van der Waals surface area contributed by atoms with E-state index in [1.165, 1.54) is 0 Å². The highest BCUT2D eigenvalue weighted by Crippen LogP contribution is 2.28. The highest BCUT2D eigenvalue weighted by Gasteiger charge is 2.05. The van der Waals surface area contributed by atoms with Crippen LogP contribution in [0.2, 0.25) is 0 Å². The molecule has 0 aliphatic heterocycles. The molecule has 2 heteroatoms. The van der Waals surface area contributed by atoms with Gasteiger partial charge in [-0.25, -0.2) is 0 Å². The Labute approximate surface area is 104 Å². The Morgan fingerprint density at radius 1 is 1.06 bits per heavy atom. The van der Waals surface area contributed by atoms with Gasteiger partial charge in [-0.2, -0.15) is 0 Å². The molecule has 0 saturated carbocycles. The molecule has 16 heavy (non-hydrogen) atoms. The summed E-state index contributed by atoms with van der Waals surface area (Å²) in [6.07, 6.45) is 0. The second-order valence-corrected chi connectivity index (χ2v) is 4.49. The van der Waals surface area contributed by atoms with Crippen molar-refractivity contribution >= 4 is 27.2 Å². The van der Waals surface area contributed by atoms with Crippen LogP contribution >= 0.6 is 15.9 Å². The minimum atomic E-state index is 0.739. The Hall–Kier alpha value is -1.54. The monoisotopic (exact) mass is 273 g/mol. The third-order valence-corrected chi connectivity index (χ3v) is 2.95. The topological polar surface area (TPSA) is 26.0 Å². The lowest BCUT2D eigenvalue weighted by Crippen LogP contribution is -1.94. The molecule has 0 amide bonds. The third kappa shape index (κ3) is 2.17. The minimum absolute atomic E-state index is 0.739. The SMILES string of the molecule is C=C(c1ccccc1)c1ccc(Br)cc1N. The van der Waals surface area contributed by atoms with Gasteiger partial charge >= 0.3 is 0 Å². The molecule has 0 aliphatic carbocycles. The van der Waals surface area contributed by atoms with Crippen molar-refractivity contribution in [2.24, 2.45) is 0 Å². The van der Waals surface area contributed by atoms with Gasteiger partial charge in [0.05, 0.1) is 0 Å². The molecule has 2 N–H and O–H groups in total. The summed E-state index contributed by atoms with van der Waals surface area (Å²) >= 11 is 3.39. The van der Waals surface area contributed by atoms with Gasteiger partial charge < -0.3 is 5.73 Å². The molecule has 2 aromatic carbocycles. The van der Waals surface area contributed by atoms with E-state index in [2.05, 4.69) is 22.5 Å². The van der Waals surface area contributed by atoms with Crippen molar-refractivity contribution in [1.29, 1.82) is 0 Å². The summed E-state index contributed by atoms with van der Waals surface area (Å²) in [6.45, 7) is 4.09. The van der Waals surface area contributed by atoms with Crippen molar-refractivity contribution in [2.75, 3.05) is 5.73 Å². The van der Waals surface area contributed by atoms with E-state index in [1.807, 2.05) is 48.5 Å². The molecule has 0 fully saturated rings. The number of halogens is 1. The van der Waals surface area contributed by atoms with Crippen molar-refractivity contribution in [3.05, 3.63) is 70.7 Å². The fraction of sp³-hybridized carbons (Fsp3) is 0. The second kappa shape index (κ2) is 4.54. The van der Waals surface area contributed by atoms with E-state index < -0.39 is 0 Å². The predicted octanol–water partition coefficient (Wildman–Crippen LogP) is 4.09. The molecule has 2 aromatic rings. The van der Waals surface area contributed by atoms with Crippen LogP contribution in [0.3, 0.4) is 0 Å². The van der Waals surface area contributed by atoms with Gasteiger partial charge in [0.2, 0.25) is 0 Å². The number of hydrogen-bond donors (Lipinski definition) is 1. The molecule has 1 nitrogen and oxygen atoms in total. The van der Waals surface area contributed by atoms with Crippen molar-refractivity contribution in [3.8, 4) is 0 Å². The van der Waals surface area contributed by atoms with Crippen molar-refractivity contribution in [2.45, 2.75) is 0 Å². The lowest BCUT2D eigenvalue weighted by atomic mass is 9.98. The summed E-state index contributed by atoms with van der Waals surface area (Å²) in [5.41, 5.74) is 9.73. The largest absolute Gasteiger partial charge is 0.398 e. The molecule has 0 aliphatic rings. The zero-order valence-corrected chi connectivity index (χ0v) is 10.4. The van der Waals surface area contributed by atoms with E-state index in [1.54, 1.807) is 0 Å². The van der Waals surface area contributed by atoms with Gasteiger partial charge in [-0.3, -0.25) is 0 Å². The first-order chi connectivity index (χ1) is 7.68. The summed E-state index contributed by atoms with van der Waals surface area (Å²) in [5, 5.41) is 0. The van der Waals surface area contributed by atoms with Crippen LogP contribution in [-0.4, -0.2) is 0 Å². The number of anilines is 1. The summed E-state index contributed by atoms with van der Waals surface area (Å²) in [7, 11) is 0. The van der Waals surface area contributed by atoms with Crippen LogP contribution in [0.15, 0.2) is 59.6 Å². The summed E-state index contributed by atoms with van der Waals surface area (Å²) in [5.74, 6) is 0. The smallest absolute Gasteiger partial charge is 0.0405 e. The maximum absolute atomic E-state index is 5.97. The molecular formula is C14H12BrN. The molecule has 0 heterocycles. The van der Waals surface area contributed by atoms with Crippen LogP contribution < -0.4 is 5.73 Å². The van der Waals surface area contributed by atoms with Crippen molar-refractivity contribution in [3.63, 3.8) is 0 Å². The van der Waals surface area contributed by atoms with Crippen molar-refractivity contribution in [1.82, 2.24) is 0 Å². The lowest BCUT2D eigenvalue weighted by molar-refractivity contribution is 1.53. The number of nitrogens with two attached hydrogens (primary N) is 1. The average molecular weight is 274 g/mol. The van der Waals surface area contributed by atoms with Crippen LogP contribution in [0.5, 0.6) is 0 Å². The molecule has 0 atom stereocenters. The Morgan fingerprint density at radius 2 is 1.75 bits per heavy atom. The normalized spacial score (nSPS) is 10.1. The first kappa shape index (κ1) is 11.0. The lowest BCUT2D eigenvalue weighted by Gasteiger charge is -2.09. The van der Waals surface area contributed by atoms with Gasteiger partial charge in [-0.1, -0.05) is 58.9 Å². The second-order valence-electron chi connectivity index (χ2n) is 3.58. The number of benzene rings is 2. The van der Waals surface area contributed by atoms with Gasteiger partial charge in [0.15, 0.2) is 0 Å². The van der Waals surface area contributed by atoms with E-state index in [0.717, 1.165) is 26.9 Å². The van der Waals surface area contributed by atoms with E-state index in [0.29, 0.717) is 0 Å². The maximum atomic E-state index is 5.97. The predicted molar refractivity (Wildman–Crippen MR) is 73.1 cm³/mol. The molecule has 0 aromatic heterocycles. The standard InChI is InChI=1S/C14H12BrN/c1-10(11-5-3-2-4-6-11)13-8-7-12(15)9-14(13)16/h2-9H,1,16H2. The van der Waals surface area contributed by atoms with Gasteiger partial charge in [0, 0.05) is 15.7 Å². The number of hydrogen-bond acceptors (Lipinski definition) is 1. The first-order valence-electron chi connectivity index (χ1n) is 4.98. The van der Waals surface area contributed by atoms with E-state index in [9.17, 15) is 0 Å². The van der Waals surface area contributed by atoms with Crippen LogP contribution in [-0.2, 0) is 0 Å². The van der Waals surface area contributed by atoms with Gasteiger partial charge in [-0.05, 0) is 23.3 Å². The zero-order valence-electron chi connectivity index (χ0n) is 8.78. The van der Waals surface area contributed by atoms with Crippen LogP contribution in [0.1, 0.15) is 11.1 Å². The summed E-state index contributed by atoms with van der Waals surface area (Å²) in [6, 6.07) is 15.9. The Kier molecular flexibility index (Phi) is 3.11. The molecule has 0 unspecified atom stereocenters. The Bertz CT molecular complexity index is 518. The van der Waals surface area contributed by atoms with Gasteiger partial charge in [0.1, 0.15) is 0 Å². The van der Waals surface area contributed by atoms with E-state index in [-0.39, 0.29) is 0 Å². The minimum Gasteiger partial charge on any atom is -0.398 e. The third-order valence-electron chi connectivity index (χ3n) is 2.46. The summed E-state index contributed by atoms with van der Waals surface area (Å²) in [4.78, 5) is 0. The Balaban J connectivity index is 2.42. The number of rotatable bonds is 2. The van der Waals surface area contributed by atoms with Crippen molar-refractivity contribution < 1.29 is 0 Å². The first-order valence-corrected chi connectivity index (χ1v) is 5.77. The molecule has 0 spiro atoms. The highest BCUT2D eigenvalue weighted by molar-refractivity contribution is 9.10. The fourth-order valence-corrected chi connectivity index (χ4v) is 1.98. The quantitative estimate of drug-likeness (QED) is 0.820. The van der Waals surface area contributed by atoms with Crippen LogP contribution in [0.25, 0.3) is 5.57 Å². The molecule has 0 radical (unpaired) electrons. The van der Waals surface area contributed by atoms with Gasteiger partial charge in [-0.15, -0.1) is 0 Å². The number of nitrogen functional groups attached to an aromatic ring is 1. The molecule has 80 valence electrons. The van der Waals surface area contributed by atoms with E-state index in [4.69, 9.17) is 5.73 Å². The molecule has 0 bridgehead atoms. The molecular weight excluding hydrogens is 262 g/mol. The van der Waals surface area contributed by atoms with E-state index >= 15 is 0 Å². The van der Waals surface area contributed by atoms with Gasteiger partial charge in [0.25, 0.3) is 0 Å². The summed E-state index contributed by atoms with van der Waals surface area (Å²) < 4.78 is 0.981. The molecule has 0 saturated heterocycles. The Morgan fingerprint density at radius 3 is 2.38 bits per heavy atom. The maximum Gasteiger partial charge on any atom is 0.0405 e. The van der Waals surface area contributed by atoms with Crippen LogP contribution in [0.4, 0.5) is 5.69 Å². The highest BCUT2D eigenvalue weighted by atomic mass is 79.9. The van der Waals surface area contributed by atoms with Crippen LogP contribution in [0, 0.1) is 0 Å². The zero-order chi connectivity index (χ0) is 11.5. The average Bonchev–Trinajstić information content (AvgIpc) is 2.29.